The molecule has 1 N–H and O–H groups in total. The van der Waals surface area contributed by atoms with Crippen LogP contribution in [0.25, 0.3) is 0 Å². The summed E-state index contributed by atoms with van der Waals surface area (Å²) in [5, 5.41) is 8.52. The van der Waals surface area contributed by atoms with E-state index in [1.807, 2.05) is 18.2 Å². The number of aliphatic carboxylic acids is 1. The van der Waals surface area contributed by atoms with E-state index in [9.17, 15) is 4.79 Å². The molecule has 0 aliphatic carbocycles. The minimum atomic E-state index is -0.758. The van der Waals surface area contributed by atoms with Gasteiger partial charge in [0.05, 0.1) is 7.11 Å². The van der Waals surface area contributed by atoms with Crippen molar-refractivity contribution in [1.82, 2.24) is 0 Å². The maximum absolute atomic E-state index is 10.4. The van der Waals surface area contributed by atoms with E-state index in [2.05, 4.69) is 15.9 Å². The van der Waals surface area contributed by atoms with Gasteiger partial charge in [0.1, 0.15) is 5.75 Å². The highest BCUT2D eigenvalue weighted by molar-refractivity contribution is 9.10. The van der Waals surface area contributed by atoms with Gasteiger partial charge in [0.15, 0.2) is 0 Å². The fourth-order valence-corrected chi connectivity index (χ4v) is 1.70. The van der Waals surface area contributed by atoms with Crippen molar-refractivity contribution in [2.45, 2.75) is 19.3 Å². The van der Waals surface area contributed by atoms with Gasteiger partial charge in [-0.15, -0.1) is 0 Å². The van der Waals surface area contributed by atoms with Crippen molar-refractivity contribution in [3.8, 4) is 5.75 Å². The molecule has 0 amide bonds. The Hall–Kier alpha value is -1.03. The van der Waals surface area contributed by atoms with Crippen molar-refractivity contribution in [2.24, 2.45) is 0 Å². The van der Waals surface area contributed by atoms with E-state index < -0.39 is 5.97 Å². The normalized spacial score (nSPS) is 10.0. The van der Waals surface area contributed by atoms with Crippen molar-refractivity contribution in [3.63, 3.8) is 0 Å². The molecular formula is C11H13BrO3. The number of hydrogen-bond acceptors (Lipinski definition) is 2. The Labute approximate surface area is 97.2 Å². The lowest BCUT2D eigenvalue weighted by molar-refractivity contribution is -0.137. The van der Waals surface area contributed by atoms with Gasteiger partial charge in [-0.25, -0.2) is 0 Å². The molecule has 0 fully saturated rings. The largest absolute Gasteiger partial charge is 0.496 e. The van der Waals surface area contributed by atoms with Crippen molar-refractivity contribution < 1.29 is 14.6 Å². The third kappa shape index (κ3) is 3.91. The minimum Gasteiger partial charge on any atom is -0.496 e. The number of rotatable bonds is 5. The van der Waals surface area contributed by atoms with E-state index in [4.69, 9.17) is 9.84 Å². The summed E-state index contributed by atoms with van der Waals surface area (Å²) in [4.78, 5) is 10.4. The van der Waals surface area contributed by atoms with E-state index in [1.165, 1.54) is 0 Å². The van der Waals surface area contributed by atoms with Gasteiger partial charge in [0.2, 0.25) is 0 Å². The zero-order chi connectivity index (χ0) is 11.3. The van der Waals surface area contributed by atoms with E-state index in [-0.39, 0.29) is 6.42 Å². The summed E-state index contributed by atoms with van der Waals surface area (Å²) in [6, 6.07) is 5.76. The molecule has 4 heteroatoms. The first kappa shape index (κ1) is 12.0. The van der Waals surface area contributed by atoms with Gasteiger partial charge in [0, 0.05) is 10.9 Å². The number of aryl methyl sites for hydroxylation is 1. The van der Waals surface area contributed by atoms with Crippen LogP contribution in [0.1, 0.15) is 18.4 Å². The molecule has 3 nitrogen and oxygen atoms in total. The first-order valence-corrected chi connectivity index (χ1v) is 5.47. The lowest BCUT2D eigenvalue weighted by atomic mass is 10.1. The van der Waals surface area contributed by atoms with Crippen LogP contribution in [0.2, 0.25) is 0 Å². The summed E-state index contributed by atoms with van der Waals surface area (Å²) in [7, 11) is 1.61. The van der Waals surface area contributed by atoms with Gasteiger partial charge in [-0.3, -0.25) is 4.79 Å². The Morgan fingerprint density at radius 2 is 2.27 bits per heavy atom. The number of ether oxygens (including phenoxy) is 1. The fourth-order valence-electron chi connectivity index (χ4n) is 1.35. The standard InChI is InChI=1S/C11H13BrO3/c1-15-10-7-9(12)6-5-8(10)3-2-4-11(13)14/h5-7H,2-4H2,1H3,(H,13,14). The molecule has 0 spiro atoms. The van der Waals surface area contributed by atoms with Crippen LogP contribution in [-0.2, 0) is 11.2 Å². The van der Waals surface area contributed by atoms with Gasteiger partial charge < -0.3 is 9.84 Å². The molecule has 0 unspecified atom stereocenters. The molecule has 82 valence electrons. The SMILES string of the molecule is COc1cc(Br)ccc1CCCC(=O)O. The number of methoxy groups -OCH3 is 1. The molecule has 0 aromatic heterocycles. The Kier molecular flexibility index (Phi) is 4.62. The fraction of sp³-hybridized carbons (Fsp3) is 0.364. The summed E-state index contributed by atoms with van der Waals surface area (Å²) >= 11 is 3.35. The number of carboxylic acid groups (broad SMARTS) is 1. The zero-order valence-electron chi connectivity index (χ0n) is 8.50. The van der Waals surface area contributed by atoms with Crippen LogP contribution in [0, 0.1) is 0 Å². The third-order valence-corrected chi connectivity index (χ3v) is 2.58. The van der Waals surface area contributed by atoms with Crippen molar-refractivity contribution >= 4 is 21.9 Å². The Morgan fingerprint density at radius 1 is 1.53 bits per heavy atom. The molecule has 0 heterocycles. The second kappa shape index (κ2) is 5.75. The molecule has 15 heavy (non-hydrogen) atoms. The van der Waals surface area contributed by atoms with E-state index in [1.54, 1.807) is 7.11 Å². The molecular weight excluding hydrogens is 260 g/mol. The van der Waals surface area contributed by atoms with Crippen LogP contribution in [0.4, 0.5) is 0 Å². The van der Waals surface area contributed by atoms with Crippen molar-refractivity contribution in [3.05, 3.63) is 28.2 Å². The second-order valence-corrected chi connectivity index (χ2v) is 4.12. The summed E-state index contributed by atoms with van der Waals surface area (Å²) in [6.07, 6.45) is 1.55. The van der Waals surface area contributed by atoms with Crippen LogP contribution in [0.3, 0.4) is 0 Å². The lowest BCUT2D eigenvalue weighted by Gasteiger charge is -2.07. The molecule has 1 aromatic carbocycles. The van der Waals surface area contributed by atoms with Gasteiger partial charge in [-0.1, -0.05) is 22.0 Å². The summed E-state index contributed by atoms with van der Waals surface area (Å²) in [5.41, 5.74) is 1.04. The molecule has 0 radical (unpaired) electrons. The number of hydrogen-bond donors (Lipinski definition) is 1. The molecule has 0 aliphatic heterocycles. The predicted octanol–water partition coefficient (Wildman–Crippen LogP) is 2.87. The van der Waals surface area contributed by atoms with Gasteiger partial charge in [-0.2, -0.15) is 0 Å². The quantitative estimate of drug-likeness (QED) is 0.897. The summed E-state index contributed by atoms with van der Waals surface area (Å²) in [6.45, 7) is 0. The second-order valence-electron chi connectivity index (χ2n) is 3.20. The van der Waals surface area contributed by atoms with Crippen LogP contribution in [0.5, 0.6) is 5.75 Å². The number of benzene rings is 1. The molecule has 0 saturated heterocycles. The third-order valence-electron chi connectivity index (χ3n) is 2.09. The average Bonchev–Trinajstić information content (AvgIpc) is 2.19. The molecule has 0 aliphatic rings. The Balaban J connectivity index is 2.63. The van der Waals surface area contributed by atoms with Crippen molar-refractivity contribution in [1.29, 1.82) is 0 Å². The number of halogens is 1. The first-order chi connectivity index (χ1) is 7.13. The molecule has 0 bridgehead atoms. The first-order valence-electron chi connectivity index (χ1n) is 4.67. The Bertz CT molecular complexity index is 350. The minimum absolute atomic E-state index is 0.194. The van der Waals surface area contributed by atoms with Gasteiger partial charge >= 0.3 is 5.97 Å². The highest BCUT2D eigenvalue weighted by atomic mass is 79.9. The van der Waals surface area contributed by atoms with Crippen LogP contribution in [-0.4, -0.2) is 18.2 Å². The molecule has 1 aromatic rings. The smallest absolute Gasteiger partial charge is 0.303 e. The lowest BCUT2D eigenvalue weighted by Crippen LogP contribution is -1.97. The van der Waals surface area contributed by atoms with Crippen LogP contribution < -0.4 is 4.74 Å². The number of carbonyl (C=O) groups is 1. The topological polar surface area (TPSA) is 46.5 Å². The summed E-state index contributed by atoms with van der Waals surface area (Å²) < 4.78 is 6.17. The van der Waals surface area contributed by atoms with Gasteiger partial charge in [0.25, 0.3) is 0 Å². The zero-order valence-corrected chi connectivity index (χ0v) is 10.1. The molecule has 1 rings (SSSR count). The monoisotopic (exact) mass is 272 g/mol. The predicted molar refractivity (Wildman–Crippen MR) is 61.3 cm³/mol. The molecule has 0 saturated carbocycles. The van der Waals surface area contributed by atoms with Crippen LogP contribution in [0.15, 0.2) is 22.7 Å². The van der Waals surface area contributed by atoms with Crippen molar-refractivity contribution in [2.75, 3.05) is 7.11 Å². The summed E-state index contributed by atoms with van der Waals surface area (Å²) in [5.74, 6) is 0.0424. The maximum atomic E-state index is 10.4. The molecule has 0 atom stereocenters. The van der Waals surface area contributed by atoms with E-state index in [0.29, 0.717) is 6.42 Å². The van der Waals surface area contributed by atoms with Crippen LogP contribution >= 0.6 is 15.9 Å². The average molecular weight is 273 g/mol. The van der Waals surface area contributed by atoms with Gasteiger partial charge in [-0.05, 0) is 30.5 Å². The van der Waals surface area contributed by atoms with E-state index >= 15 is 0 Å². The highest BCUT2D eigenvalue weighted by Gasteiger charge is 2.04. The Morgan fingerprint density at radius 3 is 2.87 bits per heavy atom. The highest BCUT2D eigenvalue weighted by Crippen LogP contribution is 2.24. The van der Waals surface area contributed by atoms with E-state index in [0.717, 1.165) is 22.2 Å². The maximum Gasteiger partial charge on any atom is 0.303 e. The number of carboxylic acids is 1.